The largest absolute Gasteiger partial charge is 0.364 e. The van der Waals surface area contributed by atoms with Gasteiger partial charge in [-0.05, 0) is 13.3 Å². The summed E-state index contributed by atoms with van der Waals surface area (Å²) in [6.45, 7) is 5.41. The molecule has 0 heterocycles. The number of hydrogen-bond donors (Lipinski definition) is 0. The van der Waals surface area contributed by atoms with Gasteiger partial charge in [0.15, 0.2) is 0 Å². The predicted octanol–water partition coefficient (Wildman–Crippen LogP) is 2.16. The highest BCUT2D eigenvalue weighted by Gasteiger charge is 1.97. The molecule has 0 unspecified atom stereocenters. The van der Waals surface area contributed by atoms with E-state index in [-0.39, 0.29) is 0 Å². The van der Waals surface area contributed by atoms with E-state index in [9.17, 15) is 0 Å². The van der Waals surface area contributed by atoms with Crippen molar-refractivity contribution in [1.82, 2.24) is 4.90 Å². The Morgan fingerprint density at radius 1 is 1.36 bits per heavy atom. The number of hydrogen-bond acceptors (Lipinski definition) is 1. The molecule has 0 bridgehead atoms. The summed E-state index contributed by atoms with van der Waals surface area (Å²) in [5.41, 5.74) is 0. The van der Waals surface area contributed by atoms with E-state index in [1.54, 1.807) is 0 Å². The fraction of sp³-hybridized carbons (Fsp3) is 0.889. The molecule has 0 aromatic carbocycles. The van der Waals surface area contributed by atoms with Crippen LogP contribution >= 0.6 is 0 Å². The Balaban J connectivity index is 3.44. The number of rotatable bonds is 4. The van der Waals surface area contributed by atoms with Crippen LogP contribution in [0.25, 0.3) is 0 Å². The second-order valence-electron chi connectivity index (χ2n) is 2.90. The number of unbranched alkanes of at least 4 members (excludes halogenated alkanes) is 2. The second kappa shape index (κ2) is 6.20. The first-order valence-corrected chi connectivity index (χ1v) is 4.36. The third kappa shape index (κ3) is 4.82. The van der Waals surface area contributed by atoms with E-state index >= 15 is 0 Å². The fourth-order valence-corrected chi connectivity index (χ4v) is 0.931. The quantitative estimate of drug-likeness (QED) is 0.346. The zero-order valence-electron chi connectivity index (χ0n) is 8.22. The summed E-state index contributed by atoms with van der Waals surface area (Å²) in [4.78, 5) is 6.31. The molecular formula is C9H20N2. The average molecular weight is 156 g/mol. The molecule has 66 valence electrons. The SMILES string of the molecule is CCCCCN(C)C(C)=NC. The van der Waals surface area contributed by atoms with Crippen LogP contribution in [0.1, 0.15) is 33.1 Å². The van der Waals surface area contributed by atoms with Crippen LogP contribution < -0.4 is 0 Å². The van der Waals surface area contributed by atoms with Gasteiger partial charge in [0.05, 0.1) is 5.84 Å². The van der Waals surface area contributed by atoms with Crippen molar-refractivity contribution in [2.45, 2.75) is 33.1 Å². The zero-order valence-corrected chi connectivity index (χ0v) is 8.22. The van der Waals surface area contributed by atoms with Crippen LogP contribution in [0.2, 0.25) is 0 Å². The van der Waals surface area contributed by atoms with E-state index in [1.165, 1.54) is 19.3 Å². The van der Waals surface area contributed by atoms with Crippen LogP contribution in [0.15, 0.2) is 4.99 Å². The van der Waals surface area contributed by atoms with E-state index in [1.807, 2.05) is 14.0 Å². The zero-order chi connectivity index (χ0) is 8.69. The predicted molar refractivity (Wildman–Crippen MR) is 51.2 cm³/mol. The Kier molecular flexibility index (Phi) is 5.90. The van der Waals surface area contributed by atoms with Gasteiger partial charge < -0.3 is 4.90 Å². The molecule has 11 heavy (non-hydrogen) atoms. The van der Waals surface area contributed by atoms with Gasteiger partial charge in [0.25, 0.3) is 0 Å². The van der Waals surface area contributed by atoms with Crippen molar-refractivity contribution in [1.29, 1.82) is 0 Å². The van der Waals surface area contributed by atoms with E-state index in [0.717, 1.165) is 12.4 Å². The normalized spacial score (nSPS) is 11.8. The topological polar surface area (TPSA) is 15.6 Å². The molecule has 0 rings (SSSR count). The van der Waals surface area contributed by atoms with E-state index in [4.69, 9.17) is 0 Å². The molecule has 2 nitrogen and oxygen atoms in total. The minimum atomic E-state index is 1.13. The lowest BCUT2D eigenvalue weighted by Crippen LogP contribution is -2.25. The molecule has 0 saturated heterocycles. The first kappa shape index (κ1) is 10.5. The van der Waals surface area contributed by atoms with E-state index < -0.39 is 0 Å². The molecule has 0 aromatic rings. The summed E-state index contributed by atoms with van der Waals surface area (Å²) < 4.78 is 0. The average Bonchev–Trinajstić information content (AvgIpc) is 2.03. The second-order valence-corrected chi connectivity index (χ2v) is 2.90. The Morgan fingerprint density at radius 2 is 2.00 bits per heavy atom. The van der Waals surface area contributed by atoms with Crippen molar-refractivity contribution in [3.63, 3.8) is 0 Å². The Morgan fingerprint density at radius 3 is 2.45 bits per heavy atom. The van der Waals surface area contributed by atoms with Crippen molar-refractivity contribution in [3.8, 4) is 0 Å². The molecule has 2 heteroatoms. The van der Waals surface area contributed by atoms with Crippen molar-refractivity contribution >= 4 is 5.84 Å². The van der Waals surface area contributed by atoms with Gasteiger partial charge in [0.2, 0.25) is 0 Å². The molecule has 0 spiro atoms. The van der Waals surface area contributed by atoms with Crippen LogP contribution in [-0.2, 0) is 0 Å². The van der Waals surface area contributed by atoms with Crippen LogP contribution in [-0.4, -0.2) is 31.4 Å². The highest BCUT2D eigenvalue weighted by atomic mass is 15.1. The summed E-state index contributed by atoms with van der Waals surface area (Å²) in [6, 6.07) is 0. The molecule has 0 saturated carbocycles. The first-order chi connectivity index (χ1) is 5.22. The van der Waals surface area contributed by atoms with Crippen molar-refractivity contribution < 1.29 is 0 Å². The maximum atomic E-state index is 4.11. The van der Waals surface area contributed by atoms with Crippen molar-refractivity contribution in [2.24, 2.45) is 4.99 Å². The van der Waals surface area contributed by atoms with Crippen LogP contribution in [0.3, 0.4) is 0 Å². The monoisotopic (exact) mass is 156 g/mol. The minimum Gasteiger partial charge on any atom is -0.364 e. The highest BCUT2D eigenvalue weighted by molar-refractivity contribution is 5.79. The summed E-state index contributed by atoms with van der Waals surface area (Å²) in [7, 11) is 3.93. The molecule has 0 aliphatic carbocycles. The smallest absolute Gasteiger partial charge is 0.0951 e. The van der Waals surface area contributed by atoms with Crippen molar-refractivity contribution in [3.05, 3.63) is 0 Å². The molecule has 0 N–H and O–H groups in total. The lowest BCUT2D eigenvalue weighted by molar-refractivity contribution is 0.473. The summed E-state index contributed by atoms with van der Waals surface area (Å²) in [5, 5.41) is 0. The standard InChI is InChI=1S/C9H20N2/c1-5-6-7-8-11(4)9(2)10-3/h5-8H2,1-4H3. The molecule has 0 aliphatic heterocycles. The van der Waals surface area contributed by atoms with Crippen molar-refractivity contribution in [2.75, 3.05) is 20.6 Å². The lowest BCUT2D eigenvalue weighted by atomic mass is 10.2. The van der Waals surface area contributed by atoms with Gasteiger partial charge in [-0.1, -0.05) is 19.8 Å². The van der Waals surface area contributed by atoms with E-state index in [0.29, 0.717) is 0 Å². The summed E-state index contributed by atoms with van der Waals surface area (Å²) in [6.07, 6.45) is 3.89. The third-order valence-corrected chi connectivity index (χ3v) is 1.97. The molecule has 0 atom stereocenters. The number of amidine groups is 1. The number of aliphatic imine (C=N–C) groups is 1. The molecule has 0 radical (unpaired) electrons. The van der Waals surface area contributed by atoms with Gasteiger partial charge >= 0.3 is 0 Å². The Hall–Kier alpha value is -0.530. The lowest BCUT2D eigenvalue weighted by Gasteiger charge is -2.17. The summed E-state index contributed by atoms with van der Waals surface area (Å²) >= 11 is 0. The van der Waals surface area contributed by atoms with Gasteiger partial charge in [-0.15, -0.1) is 0 Å². The van der Waals surface area contributed by atoms with Gasteiger partial charge in [-0.3, -0.25) is 4.99 Å². The van der Waals surface area contributed by atoms with Gasteiger partial charge in [-0.25, -0.2) is 0 Å². The maximum Gasteiger partial charge on any atom is 0.0951 e. The first-order valence-electron chi connectivity index (χ1n) is 4.36. The minimum absolute atomic E-state index is 1.13. The Bertz CT molecular complexity index is 119. The van der Waals surface area contributed by atoms with Gasteiger partial charge in [-0.2, -0.15) is 0 Å². The highest BCUT2D eigenvalue weighted by Crippen LogP contribution is 1.96. The molecular weight excluding hydrogens is 136 g/mol. The molecule has 0 aromatic heterocycles. The van der Waals surface area contributed by atoms with Gasteiger partial charge in [0.1, 0.15) is 0 Å². The molecule has 0 aliphatic rings. The molecule has 0 amide bonds. The fourth-order valence-electron chi connectivity index (χ4n) is 0.931. The van der Waals surface area contributed by atoms with E-state index in [2.05, 4.69) is 23.9 Å². The van der Waals surface area contributed by atoms with Crippen LogP contribution in [0, 0.1) is 0 Å². The number of nitrogens with zero attached hydrogens (tertiary/aromatic N) is 2. The van der Waals surface area contributed by atoms with Gasteiger partial charge in [0, 0.05) is 20.6 Å². The maximum absolute atomic E-state index is 4.11. The summed E-state index contributed by atoms with van der Waals surface area (Å²) in [5.74, 6) is 1.13. The van der Waals surface area contributed by atoms with Crippen LogP contribution in [0.4, 0.5) is 0 Å². The van der Waals surface area contributed by atoms with Crippen LogP contribution in [0.5, 0.6) is 0 Å². The molecule has 0 fully saturated rings. The Labute approximate surface area is 70.3 Å². The third-order valence-electron chi connectivity index (χ3n) is 1.97.